The van der Waals surface area contributed by atoms with Crippen molar-refractivity contribution in [1.29, 1.82) is 0 Å². The molecule has 1 amide bonds. The Kier molecular flexibility index (Phi) is 7.97. The molecule has 1 atom stereocenters. The minimum Gasteiger partial charge on any atom is -0.351 e. The summed E-state index contributed by atoms with van der Waals surface area (Å²) in [6.45, 7) is 9.64. The number of benzene rings is 2. The number of nitrogens with zero attached hydrogens (tertiary/aromatic N) is 2. The van der Waals surface area contributed by atoms with Gasteiger partial charge in [-0.25, -0.2) is 13.2 Å². The van der Waals surface area contributed by atoms with Crippen LogP contribution in [0.1, 0.15) is 44.5 Å². The van der Waals surface area contributed by atoms with Gasteiger partial charge >= 0.3 is 0 Å². The Morgan fingerprint density at radius 1 is 1.09 bits per heavy atom. The van der Waals surface area contributed by atoms with Crippen molar-refractivity contribution in [3.63, 3.8) is 0 Å². The Morgan fingerprint density at radius 2 is 1.76 bits per heavy atom. The summed E-state index contributed by atoms with van der Waals surface area (Å²) < 4.78 is 42.3. The average Bonchev–Trinajstić information content (AvgIpc) is 2.76. The first kappa shape index (κ1) is 25.0. The third-order valence-electron chi connectivity index (χ3n) is 5.82. The monoisotopic (exact) mass is 477 g/mol. The summed E-state index contributed by atoms with van der Waals surface area (Å²) in [5.41, 5.74) is -0.228. The van der Waals surface area contributed by atoms with Crippen molar-refractivity contribution in [2.45, 2.75) is 46.2 Å². The highest BCUT2D eigenvalue weighted by Gasteiger charge is 2.20. The zero-order valence-electron chi connectivity index (χ0n) is 19.1. The van der Waals surface area contributed by atoms with E-state index in [1.807, 2.05) is 0 Å². The number of pyridine rings is 1. The van der Waals surface area contributed by atoms with Gasteiger partial charge in [-0.3, -0.25) is 14.7 Å². The fraction of sp³-hybridized carbons (Fsp3) is 0.360. The summed E-state index contributed by atoms with van der Waals surface area (Å²) >= 11 is 6.23. The SMILES string of the molecule is CCC(C)N(CCNC(=O)c1ccc2c(Cl)cnc(-c3c(F)cc(F)cc3F)c2c1)C(C)C. The molecule has 0 aliphatic carbocycles. The van der Waals surface area contributed by atoms with E-state index in [0.717, 1.165) is 6.42 Å². The maximum absolute atomic E-state index is 14.4. The van der Waals surface area contributed by atoms with Gasteiger partial charge < -0.3 is 5.32 Å². The molecule has 1 aromatic heterocycles. The van der Waals surface area contributed by atoms with Crippen LogP contribution in [0.4, 0.5) is 13.2 Å². The van der Waals surface area contributed by atoms with E-state index in [0.29, 0.717) is 53.6 Å². The predicted octanol–water partition coefficient (Wildman–Crippen LogP) is 6.21. The highest BCUT2D eigenvalue weighted by atomic mass is 35.5. The second kappa shape index (κ2) is 10.5. The molecule has 0 aliphatic rings. The second-order valence-corrected chi connectivity index (χ2v) is 8.71. The van der Waals surface area contributed by atoms with Crippen molar-refractivity contribution in [1.82, 2.24) is 15.2 Å². The molecule has 3 aromatic rings. The molecule has 0 radical (unpaired) electrons. The molecule has 3 rings (SSSR count). The smallest absolute Gasteiger partial charge is 0.251 e. The lowest BCUT2D eigenvalue weighted by atomic mass is 10.0. The number of fused-ring (bicyclic) bond motifs is 1. The molecule has 0 aliphatic heterocycles. The quantitative estimate of drug-likeness (QED) is 0.419. The van der Waals surface area contributed by atoms with Crippen LogP contribution in [-0.4, -0.2) is 41.0 Å². The van der Waals surface area contributed by atoms with Gasteiger partial charge in [0.25, 0.3) is 5.91 Å². The molecule has 1 unspecified atom stereocenters. The minimum absolute atomic E-state index is 0.0539. The number of hydrogen-bond acceptors (Lipinski definition) is 3. The van der Waals surface area contributed by atoms with E-state index in [9.17, 15) is 18.0 Å². The largest absolute Gasteiger partial charge is 0.351 e. The highest BCUT2D eigenvalue weighted by Crippen LogP contribution is 2.34. The van der Waals surface area contributed by atoms with Crippen LogP contribution in [-0.2, 0) is 0 Å². The zero-order valence-corrected chi connectivity index (χ0v) is 19.8. The van der Waals surface area contributed by atoms with Crippen LogP contribution in [0.15, 0.2) is 36.5 Å². The molecule has 1 heterocycles. The lowest BCUT2D eigenvalue weighted by molar-refractivity contribution is 0.0936. The number of nitrogens with one attached hydrogen (secondary N) is 1. The van der Waals surface area contributed by atoms with E-state index >= 15 is 0 Å². The standard InChI is InChI=1S/C25H27ClF3N3O/c1-5-15(4)32(14(2)3)9-8-30-25(33)16-6-7-18-19(10-16)24(31-13-20(18)26)23-21(28)11-17(27)12-22(23)29/h6-7,10-15H,5,8-9H2,1-4H3,(H,30,33). The third-order valence-corrected chi connectivity index (χ3v) is 6.12. The van der Waals surface area contributed by atoms with Crippen molar-refractivity contribution in [3.05, 3.63) is 64.6 Å². The molecule has 0 bridgehead atoms. The van der Waals surface area contributed by atoms with Gasteiger partial charge in [-0.1, -0.05) is 24.6 Å². The summed E-state index contributed by atoms with van der Waals surface area (Å²) in [5, 5.41) is 3.94. The van der Waals surface area contributed by atoms with Crippen molar-refractivity contribution < 1.29 is 18.0 Å². The Morgan fingerprint density at radius 3 is 2.36 bits per heavy atom. The summed E-state index contributed by atoms with van der Waals surface area (Å²) in [6, 6.07) is 6.61. The van der Waals surface area contributed by atoms with Gasteiger partial charge in [-0.2, -0.15) is 0 Å². The maximum Gasteiger partial charge on any atom is 0.251 e. The van der Waals surface area contributed by atoms with Crippen LogP contribution in [0, 0.1) is 17.5 Å². The van der Waals surface area contributed by atoms with Gasteiger partial charge in [0.05, 0.1) is 16.3 Å². The van der Waals surface area contributed by atoms with E-state index in [1.165, 1.54) is 12.3 Å². The van der Waals surface area contributed by atoms with Crippen LogP contribution >= 0.6 is 11.6 Å². The molecule has 176 valence electrons. The van der Waals surface area contributed by atoms with Crippen molar-refractivity contribution in [2.75, 3.05) is 13.1 Å². The molecule has 0 saturated heterocycles. The van der Waals surface area contributed by atoms with Gasteiger partial charge in [0.15, 0.2) is 0 Å². The van der Waals surface area contributed by atoms with Crippen LogP contribution < -0.4 is 5.32 Å². The number of halogens is 4. The Labute approximate surface area is 196 Å². The van der Waals surface area contributed by atoms with Gasteiger partial charge in [0, 0.05) is 59.8 Å². The van der Waals surface area contributed by atoms with Crippen molar-refractivity contribution >= 4 is 28.3 Å². The average molecular weight is 478 g/mol. The Hall–Kier alpha value is -2.64. The molecular formula is C25H27ClF3N3O. The zero-order chi connectivity index (χ0) is 24.3. The topological polar surface area (TPSA) is 45.2 Å². The second-order valence-electron chi connectivity index (χ2n) is 8.30. The predicted molar refractivity (Wildman–Crippen MR) is 126 cm³/mol. The molecule has 8 heteroatoms. The van der Waals surface area contributed by atoms with Gasteiger partial charge in [-0.15, -0.1) is 0 Å². The summed E-state index contributed by atoms with van der Waals surface area (Å²) in [7, 11) is 0. The van der Waals surface area contributed by atoms with E-state index < -0.39 is 23.0 Å². The molecule has 33 heavy (non-hydrogen) atoms. The summed E-state index contributed by atoms with van der Waals surface area (Å²) in [5.74, 6) is -3.52. The van der Waals surface area contributed by atoms with Crippen LogP contribution in [0.5, 0.6) is 0 Å². The van der Waals surface area contributed by atoms with E-state index in [1.54, 1.807) is 12.1 Å². The fourth-order valence-corrected chi connectivity index (χ4v) is 4.15. The van der Waals surface area contributed by atoms with Crippen LogP contribution in [0.3, 0.4) is 0 Å². The van der Waals surface area contributed by atoms with Crippen LogP contribution in [0.2, 0.25) is 5.02 Å². The lowest BCUT2D eigenvalue weighted by Crippen LogP contribution is -2.43. The third kappa shape index (κ3) is 5.47. The normalized spacial score (nSPS) is 12.5. The maximum atomic E-state index is 14.4. The van der Waals surface area contributed by atoms with Crippen molar-refractivity contribution in [2.24, 2.45) is 0 Å². The van der Waals surface area contributed by atoms with E-state index in [-0.39, 0.29) is 16.6 Å². The Balaban J connectivity index is 1.92. The van der Waals surface area contributed by atoms with E-state index in [2.05, 4.69) is 42.9 Å². The molecule has 0 spiro atoms. The first-order chi connectivity index (χ1) is 15.6. The van der Waals surface area contributed by atoms with Crippen LogP contribution in [0.25, 0.3) is 22.0 Å². The molecule has 2 aromatic carbocycles. The van der Waals surface area contributed by atoms with E-state index in [4.69, 9.17) is 11.6 Å². The first-order valence-corrected chi connectivity index (χ1v) is 11.3. The lowest BCUT2D eigenvalue weighted by Gasteiger charge is -2.32. The van der Waals surface area contributed by atoms with Gasteiger partial charge in [0.2, 0.25) is 0 Å². The molecule has 1 N–H and O–H groups in total. The highest BCUT2D eigenvalue weighted by molar-refractivity contribution is 6.35. The molecule has 4 nitrogen and oxygen atoms in total. The minimum atomic E-state index is -1.09. The number of aromatic nitrogens is 1. The number of amides is 1. The molecule has 0 saturated carbocycles. The Bertz CT molecular complexity index is 1150. The number of carbonyl (C=O) groups excluding carboxylic acids is 1. The number of rotatable bonds is 8. The summed E-state index contributed by atoms with van der Waals surface area (Å²) in [6.07, 6.45) is 2.28. The van der Waals surface area contributed by atoms with Gasteiger partial charge in [0.1, 0.15) is 17.5 Å². The molecular weight excluding hydrogens is 451 g/mol. The number of carbonyl (C=O) groups is 1. The number of hydrogen-bond donors (Lipinski definition) is 1. The molecule has 0 fully saturated rings. The first-order valence-electron chi connectivity index (χ1n) is 10.9. The summed E-state index contributed by atoms with van der Waals surface area (Å²) in [4.78, 5) is 19.2. The van der Waals surface area contributed by atoms with Crippen molar-refractivity contribution in [3.8, 4) is 11.3 Å². The fourth-order valence-electron chi connectivity index (χ4n) is 3.94. The van der Waals surface area contributed by atoms with Gasteiger partial charge in [-0.05, 0) is 39.3 Å².